The fourth-order valence-corrected chi connectivity index (χ4v) is 1.73. The molecule has 21 heavy (non-hydrogen) atoms. The average Bonchev–Trinajstić information content (AvgIpc) is 2.67. The first-order valence-corrected chi connectivity index (χ1v) is 6.50. The van der Waals surface area contributed by atoms with Gasteiger partial charge in [0.2, 0.25) is 11.8 Å². The van der Waals surface area contributed by atoms with Gasteiger partial charge >= 0.3 is 11.9 Å². The molecular weight excluding hydrogens is 318 g/mol. The van der Waals surface area contributed by atoms with E-state index in [1.54, 1.807) is 5.32 Å². The van der Waals surface area contributed by atoms with E-state index in [1.807, 2.05) is 0 Å². The summed E-state index contributed by atoms with van der Waals surface area (Å²) in [4.78, 5) is 40.5. The van der Waals surface area contributed by atoms with Crippen molar-refractivity contribution in [1.29, 1.82) is 0 Å². The smallest absolute Gasteiger partial charge is 0.335 e. The number of imide groups is 1. The van der Waals surface area contributed by atoms with Crippen LogP contribution in [0.2, 0.25) is 0 Å². The lowest BCUT2D eigenvalue weighted by Crippen LogP contribution is -2.39. The lowest BCUT2D eigenvalue weighted by molar-refractivity contribution is -0.165. The minimum Gasteiger partial charge on any atom is -0.479 e. The van der Waals surface area contributed by atoms with Gasteiger partial charge in [0.1, 0.15) is 0 Å². The monoisotopic (exact) mass is 329 g/mol. The zero-order valence-corrected chi connectivity index (χ0v) is 10.8. The van der Waals surface area contributed by atoms with Crippen LogP contribution in [-0.4, -0.2) is 74.6 Å². The molecule has 2 amide bonds. The van der Waals surface area contributed by atoms with Crippen LogP contribution in [0, 0.1) is 0 Å². The molecule has 1 aliphatic rings. The number of hydrogen-bond acceptors (Lipinski definition) is 8. The van der Waals surface area contributed by atoms with Crippen molar-refractivity contribution in [2.45, 2.75) is 23.9 Å². The first-order valence-electron chi connectivity index (χ1n) is 4.99. The number of hydrogen-bond donors (Lipinski definition) is 6. The topological polar surface area (TPSA) is 216 Å². The number of aliphatic hydroxyl groups is 2. The fourth-order valence-electron chi connectivity index (χ4n) is 1.04. The molecule has 6 N–H and O–H groups in total. The van der Waals surface area contributed by atoms with Gasteiger partial charge in [-0.1, -0.05) is 0 Å². The van der Waals surface area contributed by atoms with Gasteiger partial charge in [0.25, 0.3) is 10.1 Å². The Labute approximate surface area is 116 Å². The van der Waals surface area contributed by atoms with Crippen LogP contribution in [0.3, 0.4) is 0 Å². The van der Waals surface area contributed by atoms with Crippen molar-refractivity contribution in [1.82, 2.24) is 5.32 Å². The van der Waals surface area contributed by atoms with Gasteiger partial charge in [0, 0.05) is 0 Å². The zero-order chi connectivity index (χ0) is 17.0. The minimum atomic E-state index is -4.42. The molecule has 0 radical (unpaired) electrons. The summed E-state index contributed by atoms with van der Waals surface area (Å²) in [6, 6.07) is 0. The average molecular weight is 329 g/mol. The summed E-state index contributed by atoms with van der Waals surface area (Å²) in [5.41, 5.74) is 0. The van der Waals surface area contributed by atoms with Crippen molar-refractivity contribution in [2.24, 2.45) is 0 Å². The molecule has 120 valence electrons. The molecule has 12 nitrogen and oxygen atoms in total. The summed E-state index contributed by atoms with van der Waals surface area (Å²) >= 11 is 0. The maximum Gasteiger partial charge on any atom is 0.335 e. The highest BCUT2D eigenvalue weighted by Crippen LogP contribution is 2.09. The van der Waals surface area contributed by atoms with Crippen LogP contribution < -0.4 is 5.32 Å². The number of nitrogens with one attached hydrogen (secondary N) is 1. The molecule has 13 heteroatoms. The van der Waals surface area contributed by atoms with Gasteiger partial charge < -0.3 is 20.4 Å². The van der Waals surface area contributed by atoms with E-state index in [1.165, 1.54) is 0 Å². The lowest BCUT2D eigenvalue weighted by atomic mass is 10.2. The van der Waals surface area contributed by atoms with E-state index >= 15 is 0 Å². The van der Waals surface area contributed by atoms with Gasteiger partial charge in [0.05, 0.1) is 6.42 Å². The van der Waals surface area contributed by atoms with Crippen molar-refractivity contribution >= 4 is 33.9 Å². The zero-order valence-electron chi connectivity index (χ0n) is 10.0. The van der Waals surface area contributed by atoms with Crippen LogP contribution in [0.1, 0.15) is 6.42 Å². The molecule has 0 spiro atoms. The first kappa shape index (κ1) is 18.9. The van der Waals surface area contributed by atoms with Gasteiger partial charge in [-0.25, -0.2) is 9.59 Å². The SMILES string of the molecule is O=C(O)C(O)C(O)C(=O)O.O=C1CC(S(=O)(=O)O)C(=O)N1. The molecule has 3 unspecified atom stereocenters. The molecular formula is C8H11NO11S. The predicted molar refractivity (Wildman–Crippen MR) is 60.4 cm³/mol. The van der Waals surface area contributed by atoms with Crippen LogP contribution in [0.15, 0.2) is 0 Å². The number of carbonyl (C=O) groups is 4. The number of aliphatic hydroxyl groups excluding tert-OH is 2. The summed E-state index contributed by atoms with van der Waals surface area (Å²) in [6.07, 6.45) is -5.02. The molecule has 0 aliphatic carbocycles. The van der Waals surface area contributed by atoms with Gasteiger partial charge in [-0.3, -0.25) is 19.5 Å². The molecule has 0 saturated carbocycles. The highest BCUT2D eigenvalue weighted by molar-refractivity contribution is 7.87. The van der Waals surface area contributed by atoms with Crippen LogP contribution in [0.25, 0.3) is 0 Å². The van der Waals surface area contributed by atoms with Crippen molar-refractivity contribution in [2.75, 3.05) is 0 Å². The predicted octanol–water partition coefficient (Wildman–Crippen LogP) is -3.83. The number of carboxylic acids is 2. The summed E-state index contributed by atoms with van der Waals surface area (Å²) in [7, 11) is -4.42. The van der Waals surface area contributed by atoms with E-state index in [-0.39, 0.29) is 0 Å². The third kappa shape index (κ3) is 5.82. The molecule has 0 bridgehead atoms. The Morgan fingerprint density at radius 1 is 1.10 bits per heavy atom. The second-order valence-corrected chi connectivity index (χ2v) is 5.29. The van der Waals surface area contributed by atoms with Crippen molar-refractivity contribution in [3.8, 4) is 0 Å². The number of carboxylic acid groups (broad SMARTS) is 2. The molecule has 0 aromatic heterocycles. The molecule has 1 fully saturated rings. The molecule has 3 atom stereocenters. The third-order valence-corrected chi connectivity index (χ3v) is 3.19. The highest BCUT2D eigenvalue weighted by atomic mass is 32.2. The van der Waals surface area contributed by atoms with Crippen molar-refractivity contribution < 1.29 is 52.6 Å². The van der Waals surface area contributed by atoms with Crippen LogP contribution >= 0.6 is 0 Å². The van der Waals surface area contributed by atoms with E-state index in [0.29, 0.717) is 0 Å². The Hall–Kier alpha value is -2.09. The molecule has 0 aromatic carbocycles. The van der Waals surface area contributed by atoms with Crippen LogP contribution in [-0.2, 0) is 29.3 Å². The molecule has 1 saturated heterocycles. The second kappa shape index (κ2) is 7.07. The summed E-state index contributed by atoms with van der Waals surface area (Å²) < 4.78 is 29.0. The largest absolute Gasteiger partial charge is 0.479 e. The van der Waals surface area contributed by atoms with Crippen LogP contribution in [0.5, 0.6) is 0 Å². The summed E-state index contributed by atoms with van der Waals surface area (Å²) in [5.74, 6) is -5.18. The minimum absolute atomic E-state index is 0.488. The molecule has 0 aromatic rings. The summed E-state index contributed by atoms with van der Waals surface area (Å²) in [5, 5.41) is 32.7. The van der Waals surface area contributed by atoms with E-state index in [2.05, 4.69) is 0 Å². The fraction of sp³-hybridized carbons (Fsp3) is 0.500. The van der Waals surface area contributed by atoms with Gasteiger partial charge in [0.15, 0.2) is 17.5 Å². The maximum atomic E-state index is 10.6. The van der Waals surface area contributed by atoms with E-state index in [9.17, 15) is 27.6 Å². The standard InChI is InChI=1S/C4H5NO5S.C4H6O6/c6-3-1-2(4(7)5-3)11(8,9)10;5-1(3(7)8)2(6)4(9)10/h2H,1H2,(H,5,6,7)(H,8,9,10);1-2,5-6H,(H,7,8)(H,9,10). The normalized spacial score (nSPS) is 20.8. The third-order valence-electron chi connectivity index (χ3n) is 2.09. The maximum absolute atomic E-state index is 10.6. The van der Waals surface area contributed by atoms with Gasteiger partial charge in [-0.2, -0.15) is 8.42 Å². The van der Waals surface area contributed by atoms with Gasteiger partial charge in [-0.05, 0) is 0 Å². The van der Waals surface area contributed by atoms with E-state index in [4.69, 9.17) is 25.0 Å². The van der Waals surface area contributed by atoms with Crippen LogP contribution in [0.4, 0.5) is 0 Å². The molecule has 1 rings (SSSR count). The molecule has 1 heterocycles. The Morgan fingerprint density at radius 2 is 1.48 bits per heavy atom. The second-order valence-electron chi connectivity index (χ2n) is 3.69. The quantitative estimate of drug-likeness (QED) is 0.217. The Balaban J connectivity index is 0.000000384. The number of amides is 2. The van der Waals surface area contributed by atoms with Crippen molar-refractivity contribution in [3.05, 3.63) is 0 Å². The lowest BCUT2D eigenvalue weighted by Gasteiger charge is -2.07. The molecule has 1 aliphatic heterocycles. The summed E-state index contributed by atoms with van der Waals surface area (Å²) in [6.45, 7) is 0. The number of aliphatic carboxylic acids is 2. The Kier molecular flexibility index (Phi) is 6.37. The Bertz CT molecular complexity index is 535. The Morgan fingerprint density at radius 3 is 1.62 bits per heavy atom. The van der Waals surface area contributed by atoms with Gasteiger partial charge in [-0.15, -0.1) is 0 Å². The van der Waals surface area contributed by atoms with E-state index < -0.39 is 57.7 Å². The highest BCUT2D eigenvalue weighted by Gasteiger charge is 2.39. The first-order chi connectivity index (χ1) is 9.37. The van der Waals surface area contributed by atoms with E-state index in [0.717, 1.165) is 0 Å². The number of rotatable bonds is 4. The van der Waals surface area contributed by atoms with Crippen molar-refractivity contribution in [3.63, 3.8) is 0 Å². The number of carbonyl (C=O) groups excluding carboxylic acids is 2.